The second kappa shape index (κ2) is 9.26. The summed E-state index contributed by atoms with van der Waals surface area (Å²) < 4.78 is 24.6. The Kier molecular flexibility index (Phi) is 6.27. The Balaban J connectivity index is 1.29. The first-order valence-corrected chi connectivity index (χ1v) is 10.3. The molecule has 4 rings (SSSR count). The molecule has 0 aliphatic carbocycles. The van der Waals surface area contributed by atoms with Crippen molar-refractivity contribution in [1.29, 1.82) is 0 Å². The fraction of sp³-hybridized carbons (Fsp3) is 0.348. The molecule has 1 aliphatic rings. The number of ether oxygens (including phenoxy) is 1. The molecule has 1 amide bonds. The molecule has 1 saturated heterocycles. The van der Waals surface area contributed by atoms with Gasteiger partial charge in [-0.2, -0.15) is 4.98 Å². The average molecular weight is 424 g/mol. The third-order valence-electron chi connectivity index (χ3n) is 5.49. The molecule has 1 aliphatic heterocycles. The van der Waals surface area contributed by atoms with Crippen LogP contribution in [0.2, 0.25) is 0 Å². The summed E-state index contributed by atoms with van der Waals surface area (Å²) >= 11 is 0. The fourth-order valence-corrected chi connectivity index (χ4v) is 3.71. The molecule has 162 valence electrons. The van der Waals surface area contributed by atoms with Crippen molar-refractivity contribution in [2.75, 3.05) is 32.1 Å². The highest BCUT2D eigenvalue weighted by molar-refractivity contribution is 5.92. The number of carbonyl (C=O) groups is 1. The molecule has 7 nitrogen and oxygen atoms in total. The Hall–Kier alpha value is -3.26. The van der Waals surface area contributed by atoms with Gasteiger partial charge in [0, 0.05) is 11.5 Å². The molecule has 0 atom stereocenters. The molecule has 0 unspecified atom stereocenters. The van der Waals surface area contributed by atoms with Crippen molar-refractivity contribution in [2.24, 2.45) is 0 Å². The number of likely N-dealkylation sites (tertiary alicyclic amines) is 1. The quantitative estimate of drug-likeness (QED) is 0.644. The number of aromatic nitrogens is 2. The molecule has 0 bridgehead atoms. The topological polar surface area (TPSA) is 80.5 Å². The van der Waals surface area contributed by atoms with Gasteiger partial charge in [0.1, 0.15) is 11.6 Å². The Bertz CT molecular complexity index is 1040. The van der Waals surface area contributed by atoms with Crippen LogP contribution < -0.4 is 10.1 Å². The molecule has 2 heterocycles. The largest absolute Gasteiger partial charge is 0.497 e. The van der Waals surface area contributed by atoms with Gasteiger partial charge < -0.3 is 14.6 Å². The van der Waals surface area contributed by atoms with Gasteiger partial charge in [-0.1, -0.05) is 11.2 Å². The van der Waals surface area contributed by atoms with Crippen molar-refractivity contribution < 1.29 is 18.4 Å². The number of benzene rings is 2. The van der Waals surface area contributed by atoms with Gasteiger partial charge in [-0.05, 0) is 74.8 Å². The highest BCUT2D eigenvalue weighted by Crippen LogP contribution is 2.29. The summed E-state index contributed by atoms with van der Waals surface area (Å²) in [6.07, 6.45) is 1.63. The van der Waals surface area contributed by atoms with Gasteiger partial charge in [-0.15, -0.1) is 0 Å². The van der Waals surface area contributed by atoms with E-state index >= 15 is 0 Å². The zero-order valence-corrected chi connectivity index (χ0v) is 17.6. The second-order valence-electron chi connectivity index (χ2n) is 7.77. The van der Waals surface area contributed by atoms with Crippen LogP contribution in [0, 0.1) is 12.7 Å². The minimum Gasteiger partial charge on any atom is -0.497 e. The van der Waals surface area contributed by atoms with E-state index in [1.807, 2.05) is 31.2 Å². The molecule has 2 aromatic carbocycles. The van der Waals surface area contributed by atoms with Crippen molar-refractivity contribution >= 4 is 11.6 Å². The first-order valence-electron chi connectivity index (χ1n) is 10.3. The van der Waals surface area contributed by atoms with Crippen LogP contribution in [-0.2, 0) is 4.79 Å². The van der Waals surface area contributed by atoms with Crippen molar-refractivity contribution in [2.45, 2.75) is 25.7 Å². The predicted molar refractivity (Wildman–Crippen MR) is 114 cm³/mol. The molecule has 0 saturated carbocycles. The number of amides is 1. The summed E-state index contributed by atoms with van der Waals surface area (Å²) in [5.74, 6) is 1.47. The highest BCUT2D eigenvalue weighted by Gasteiger charge is 2.26. The van der Waals surface area contributed by atoms with Crippen LogP contribution in [0.25, 0.3) is 11.4 Å². The van der Waals surface area contributed by atoms with E-state index in [1.165, 1.54) is 6.07 Å². The fourth-order valence-electron chi connectivity index (χ4n) is 3.71. The third-order valence-corrected chi connectivity index (χ3v) is 5.49. The van der Waals surface area contributed by atoms with Gasteiger partial charge in [0.15, 0.2) is 0 Å². The van der Waals surface area contributed by atoms with Gasteiger partial charge in [0.25, 0.3) is 0 Å². The predicted octanol–water partition coefficient (Wildman–Crippen LogP) is 4.01. The minimum atomic E-state index is -0.420. The molecule has 1 fully saturated rings. The zero-order chi connectivity index (χ0) is 21.8. The molecule has 8 heteroatoms. The van der Waals surface area contributed by atoms with Crippen molar-refractivity contribution in [3.63, 3.8) is 0 Å². The molecular formula is C23H25FN4O3. The number of hydrogen-bond acceptors (Lipinski definition) is 6. The number of piperidine rings is 1. The molecule has 3 aromatic rings. The van der Waals surface area contributed by atoms with Crippen LogP contribution in [0.5, 0.6) is 5.75 Å². The molecule has 1 aromatic heterocycles. The lowest BCUT2D eigenvalue weighted by atomic mass is 9.97. The van der Waals surface area contributed by atoms with Crippen LogP contribution in [0.1, 0.15) is 30.2 Å². The molecule has 1 N–H and O–H groups in total. The van der Waals surface area contributed by atoms with E-state index in [0.29, 0.717) is 11.7 Å². The van der Waals surface area contributed by atoms with E-state index in [2.05, 4.69) is 20.4 Å². The number of nitrogens with one attached hydrogen (secondary N) is 1. The van der Waals surface area contributed by atoms with Crippen molar-refractivity contribution in [1.82, 2.24) is 15.0 Å². The summed E-state index contributed by atoms with van der Waals surface area (Å²) in [6.45, 7) is 3.49. The van der Waals surface area contributed by atoms with Crippen LogP contribution >= 0.6 is 0 Å². The lowest BCUT2D eigenvalue weighted by molar-refractivity contribution is -0.117. The SMILES string of the molecule is COc1ccc(-c2noc(C3CCN(CC(=O)Nc4ccc(C)cc4F)CC3)n2)cc1. The van der Waals surface area contributed by atoms with E-state index in [0.717, 1.165) is 42.8 Å². The standard InChI is InChI=1S/C23H25FN4O3/c1-15-3-8-20(19(24)13-15)25-21(29)14-28-11-9-17(10-12-28)23-26-22(27-31-23)16-4-6-18(30-2)7-5-16/h3-8,13,17H,9-12,14H2,1-2H3,(H,25,29). The zero-order valence-electron chi connectivity index (χ0n) is 17.6. The maximum absolute atomic E-state index is 13.9. The summed E-state index contributed by atoms with van der Waals surface area (Å²) in [5.41, 5.74) is 1.89. The number of nitrogens with zero attached hydrogens (tertiary/aromatic N) is 3. The van der Waals surface area contributed by atoms with E-state index < -0.39 is 5.82 Å². The number of anilines is 1. The minimum absolute atomic E-state index is 0.161. The maximum Gasteiger partial charge on any atom is 0.238 e. The van der Waals surface area contributed by atoms with Crippen LogP contribution in [0.3, 0.4) is 0 Å². The first-order chi connectivity index (χ1) is 15.0. The maximum atomic E-state index is 13.9. The smallest absolute Gasteiger partial charge is 0.238 e. The lowest BCUT2D eigenvalue weighted by Crippen LogP contribution is -2.38. The third kappa shape index (κ3) is 5.08. The number of carbonyl (C=O) groups excluding carboxylic acids is 1. The number of hydrogen-bond donors (Lipinski definition) is 1. The number of methoxy groups -OCH3 is 1. The Morgan fingerprint density at radius 3 is 2.65 bits per heavy atom. The molecular weight excluding hydrogens is 399 g/mol. The number of rotatable bonds is 6. The van der Waals surface area contributed by atoms with Crippen LogP contribution in [-0.4, -0.2) is 47.7 Å². The number of halogens is 1. The first kappa shape index (κ1) is 21.0. The van der Waals surface area contributed by atoms with E-state index in [4.69, 9.17) is 9.26 Å². The van der Waals surface area contributed by atoms with Gasteiger partial charge in [-0.3, -0.25) is 9.69 Å². The van der Waals surface area contributed by atoms with E-state index in [9.17, 15) is 9.18 Å². The van der Waals surface area contributed by atoms with Gasteiger partial charge in [0.05, 0.1) is 19.3 Å². The van der Waals surface area contributed by atoms with Crippen LogP contribution in [0.15, 0.2) is 47.0 Å². The number of aryl methyl sites for hydroxylation is 1. The monoisotopic (exact) mass is 424 g/mol. The Morgan fingerprint density at radius 1 is 1.23 bits per heavy atom. The summed E-state index contributed by atoms with van der Waals surface area (Å²) in [4.78, 5) is 18.9. The summed E-state index contributed by atoms with van der Waals surface area (Å²) in [5, 5.41) is 6.76. The van der Waals surface area contributed by atoms with E-state index in [1.54, 1.807) is 19.2 Å². The van der Waals surface area contributed by atoms with Gasteiger partial charge in [0.2, 0.25) is 17.6 Å². The molecule has 0 radical (unpaired) electrons. The van der Waals surface area contributed by atoms with Gasteiger partial charge in [-0.25, -0.2) is 4.39 Å². The Labute approximate surface area is 180 Å². The second-order valence-corrected chi connectivity index (χ2v) is 7.77. The van der Waals surface area contributed by atoms with Crippen LogP contribution in [0.4, 0.5) is 10.1 Å². The van der Waals surface area contributed by atoms with E-state index in [-0.39, 0.29) is 24.1 Å². The normalized spacial score (nSPS) is 15.1. The van der Waals surface area contributed by atoms with Crippen molar-refractivity contribution in [3.8, 4) is 17.1 Å². The van der Waals surface area contributed by atoms with Gasteiger partial charge >= 0.3 is 0 Å². The lowest BCUT2D eigenvalue weighted by Gasteiger charge is -2.29. The average Bonchev–Trinajstić information content (AvgIpc) is 3.26. The molecule has 31 heavy (non-hydrogen) atoms. The Morgan fingerprint density at radius 2 is 1.97 bits per heavy atom. The summed E-state index contributed by atoms with van der Waals surface area (Å²) in [6, 6.07) is 12.3. The molecule has 0 spiro atoms. The summed E-state index contributed by atoms with van der Waals surface area (Å²) in [7, 11) is 1.62. The van der Waals surface area contributed by atoms with Crippen molar-refractivity contribution in [3.05, 3.63) is 59.7 Å². The highest BCUT2D eigenvalue weighted by atomic mass is 19.1.